The van der Waals surface area contributed by atoms with Gasteiger partial charge in [-0.3, -0.25) is 0 Å². The molecule has 3 nitrogen and oxygen atoms in total. The van der Waals surface area contributed by atoms with Crippen LogP contribution in [0.1, 0.15) is 47.0 Å². The van der Waals surface area contributed by atoms with Crippen LogP contribution in [0.15, 0.2) is 0 Å². The first-order valence-electron chi connectivity index (χ1n) is 5.86. The number of carbonyl (C=O) groups excluding carboxylic acids is 1. The molecule has 1 amide bonds. The summed E-state index contributed by atoms with van der Waals surface area (Å²) in [5.41, 5.74) is 0.106. The first-order chi connectivity index (χ1) is 6.93. The van der Waals surface area contributed by atoms with Crippen LogP contribution in [0.2, 0.25) is 0 Å². The molecule has 0 aromatic heterocycles. The topological polar surface area (TPSA) is 38.3 Å². The van der Waals surface area contributed by atoms with Crippen molar-refractivity contribution in [2.24, 2.45) is 11.3 Å². The van der Waals surface area contributed by atoms with Crippen molar-refractivity contribution in [2.75, 3.05) is 6.61 Å². The second-order valence-corrected chi connectivity index (χ2v) is 5.46. The molecule has 0 radical (unpaired) electrons. The molecule has 1 aliphatic carbocycles. The molecule has 1 N–H and O–H groups in total. The van der Waals surface area contributed by atoms with Gasteiger partial charge in [0.25, 0.3) is 0 Å². The lowest BCUT2D eigenvalue weighted by molar-refractivity contribution is 0.134. The molecule has 1 unspecified atom stereocenters. The zero-order valence-electron chi connectivity index (χ0n) is 10.3. The fourth-order valence-electron chi connectivity index (χ4n) is 1.63. The van der Waals surface area contributed by atoms with Crippen LogP contribution in [0.25, 0.3) is 0 Å². The van der Waals surface area contributed by atoms with E-state index in [1.807, 2.05) is 6.92 Å². The summed E-state index contributed by atoms with van der Waals surface area (Å²) in [6, 6.07) is 0.226. The van der Waals surface area contributed by atoms with Gasteiger partial charge in [0.05, 0.1) is 6.61 Å². The van der Waals surface area contributed by atoms with E-state index < -0.39 is 0 Å². The summed E-state index contributed by atoms with van der Waals surface area (Å²) in [6.45, 7) is 8.74. The Balaban J connectivity index is 2.44. The second kappa shape index (κ2) is 4.86. The van der Waals surface area contributed by atoms with Crippen LogP contribution in [0, 0.1) is 11.3 Å². The third kappa shape index (κ3) is 4.54. The summed E-state index contributed by atoms with van der Waals surface area (Å²) in [5, 5.41) is 2.97. The molecule has 0 bridgehead atoms. The van der Waals surface area contributed by atoms with Gasteiger partial charge in [-0.1, -0.05) is 33.6 Å². The van der Waals surface area contributed by atoms with Gasteiger partial charge in [-0.15, -0.1) is 0 Å². The zero-order chi connectivity index (χ0) is 11.5. The fraction of sp³-hybridized carbons (Fsp3) is 0.917. The molecular formula is C12H23NO2. The Labute approximate surface area is 92.6 Å². The smallest absolute Gasteiger partial charge is 0.407 e. The molecule has 0 aliphatic heterocycles. The molecule has 0 saturated heterocycles. The van der Waals surface area contributed by atoms with E-state index in [4.69, 9.17) is 4.74 Å². The van der Waals surface area contributed by atoms with E-state index in [1.165, 1.54) is 12.8 Å². The summed E-state index contributed by atoms with van der Waals surface area (Å²) in [6.07, 6.45) is 3.44. The molecule has 1 rings (SSSR count). The first-order valence-corrected chi connectivity index (χ1v) is 5.86. The molecule has 1 atom stereocenters. The van der Waals surface area contributed by atoms with E-state index in [0.717, 1.165) is 12.3 Å². The predicted molar refractivity (Wildman–Crippen MR) is 60.7 cm³/mol. The highest BCUT2D eigenvalue weighted by Gasteiger charge is 2.33. The number of carbonyl (C=O) groups is 1. The number of alkyl carbamates (subject to hydrolysis) is 1. The van der Waals surface area contributed by atoms with Crippen LogP contribution in [0.3, 0.4) is 0 Å². The van der Waals surface area contributed by atoms with Gasteiger partial charge in [0.1, 0.15) is 0 Å². The van der Waals surface area contributed by atoms with Gasteiger partial charge >= 0.3 is 6.09 Å². The van der Waals surface area contributed by atoms with Crippen LogP contribution < -0.4 is 5.32 Å². The minimum absolute atomic E-state index is 0.106. The standard InChI is InChI=1S/C12H23NO2/c1-5-15-11(14)13-10(12(2,3)4)8-9-6-7-9/h9-10H,5-8H2,1-4H3,(H,13,14). The number of nitrogens with one attached hydrogen (secondary N) is 1. The van der Waals surface area contributed by atoms with Crippen molar-refractivity contribution in [3.05, 3.63) is 0 Å². The van der Waals surface area contributed by atoms with Crippen molar-refractivity contribution in [3.63, 3.8) is 0 Å². The molecule has 1 saturated carbocycles. The lowest BCUT2D eigenvalue weighted by Gasteiger charge is -2.31. The lowest BCUT2D eigenvalue weighted by Crippen LogP contribution is -2.44. The molecule has 0 spiro atoms. The largest absolute Gasteiger partial charge is 0.450 e. The number of hydrogen-bond donors (Lipinski definition) is 1. The first kappa shape index (κ1) is 12.3. The number of ether oxygens (including phenoxy) is 1. The number of hydrogen-bond acceptors (Lipinski definition) is 2. The van der Waals surface area contributed by atoms with E-state index in [9.17, 15) is 4.79 Å². The monoisotopic (exact) mass is 213 g/mol. The van der Waals surface area contributed by atoms with Crippen molar-refractivity contribution < 1.29 is 9.53 Å². The van der Waals surface area contributed by atoms with Gasteiger partial charge in [-0.05, 0) is 24.7 Å². The number of amides is 1. The summed E-state index contributed by atoms with van der Waals surface area (Å²) in [7, 11) is 0. The fourth-order valence-corrected chi connectivity index (χ4v) is 1.63. The average Bonchev–Trinajstić information content (AvgIpc) is 2.85. The van der Waals surface area contributed by atoms with Crippen molar-refractivity contribution in [2.45, 2.75) is 53.0 Å². The highest BCUT2D eigenvalue weighted by molar-refractivity contribution is 5.67. The average molecular weight is 213 g/mol. The maximum absolute atomic E-state index is 11.4. The third-order valence-corrected chi connectivity index (χ3v) is 2.88. The Morgan fingerprint density at radius 2 is 2.07 bits per heavy atom. The van der Waals surface area contributed by atoms with E-state index >= 15 is 0 Å². The van der Waals surface area contributed by atoms with Crippen LogP contribution in [-0.2, 0) is 4.74 Å². The Bertz CT molecular complexity index is 216. The van der Waals surface area contributed by atoms with E-state index in [2.05, 4.69) is 26.1 Å². The Kier molecular flexibility index (Phi) is 4.00. The van der Waals surface area contributed by atoms with Gasteiger partial charge in [0.15, 0.2) is 0 Å². The molecular weight excluding hydrogens is 190 g/mol. The summed E-state index contributed by atoms with van der Waals surface area (Å²) in [4.78, 5) is 11.4. The minimum Gasteiger partial charge on any atom is -0.450 e. The molecule has 0 aromatic rings. The maximum atomic E-state index is 11.4. The van der Waals surface area contributed by atoms with Crippen molar-refractivity contribution in [1.82, 2.24) is 5.32 Å². The Morgan fingerprint density at radius 3 is 2.47 bits per heavy atom. The van der Waals surface area contributed by atoms with E-state index in [-0.39, 0.29) is 17.6 Å². The maximum Gasteiger partial charge on any atom is 0.407 e. The van der Waals surface area contributed by atoms with Crippen molar-refractivity contribution in [1.29, 1.82) is 0 Å². The normalized spacial score (nSPS) is 18.4. The SMILES string of the molecule is CCOC(=O)NC(CC1CC1)C(C)(C)C. The molecule has 1 fully saturated rings. The lowest BCUT2D eigenvalue weighted by atomic mass is 9.83. The third-order valence-electron chi connectivity index (χ3n) is 2.88. The Morgan fingerprint density at radius 1 is 1.47 bits per heavy atom. The molecule has 15 heavy (non-hydrogen) atoms. The van der Waals surface area contributed by atoms with Crippen molar-refractivity contribution in [3.8, 4) is 0 Å². The highest BCUT2D eigenvalue weighted by atomic mass is 16.5. The van der Waals surface area contributed by atoms with Gasteiger partial charge in [0.2, 0.25) is 0 Å². The highest BCUT2D eigenvalue weighted by Crippen LogP contribution is 2.37. The molecule has 1 aliphatic rings. The Hall–Kier alpha value is -0.730. The van der Waals surface area contributed by atoms with E-state index in [1.54, 1.807) is 0 Å². The van der Waals surface area contributed by atoms with Crippen molar-refractivity contribution >= 4 is 6.09 Å². The minimum atomic E-state index is -0.280. The van der Waals surface area contributed by atoms with Crippen LogP contribution in [0.4, 0.5) is 4.79 Å². The number of rotatable bonds is 4. The summed E-state index contributed by atoms with van der Waals surface area (Å²) < 4.78 is 4.92. The molecule has 88 valence electrons. The summed E-state index contributed by atoms with van der Waals surface area (Å²) in [5.74, 6) is 0.816. The van der Waals surface area contributed by atoms with Gasteiger partial charge in [-0.2, -0.15) is 0 Å². The second-order valence-electron chi connectivity index (χ2n) is 5.46. The zero-order valence-corrected chi connectivity index (χ0v) is 10.3. The molecule has 0 aromatic carbocycles. The molecule has 3 heteroatoms. The quantitative estimate of drug-likeness (QED) is 0.779. The van der Waals surface area contributed by atoms with Gasteiger partial charge in [-0.25, -0.2) is 4.79 Å². The van der Waals surface area contributed by atoms with E-state index in [0.29, 0.717) is 6.61 Å². The van der Waals surface area contributed by atoms with Gasteiger partial charge in [0, 0.05) is 6.04 Å². The molecule has 0 heterocycles. The predicted octanol–water partition coefficient (Wildman–Crippen LogP) is 2.95. The van der Waals surface area contributed by atoms with Crippen LogP contribution in [0.5, 0.6) is 0 Å². The van der Waals surface area contributed by atoms with Gasteiger partial charge < -0.3 is 10.1 Å². The van der Waals surface area contributed by atoms with Crippen LogP contribution >= 0.6 is 0 Å². The van der Waals surface area contributed by atoms with Crippen LogP contribution in [-0.4, -0.2) is 18.7 Å². The summed E-state index contributed by atoms with van der Waals surface area (Å²) >= 11 is 0.